The van der Waals surface area contributed by atoms with E-state index in [1.807, 2.05) is 78.9 Å². The normalized spacial score (nSPS) is 12.2. The van der Waals surface area contributed by atoms with Crippen LogP contribution >= 0.6 is 0 Å². The van der Waals surface area contributed by atoms with Crippen LogP contribution in [-0.2, 0) is 17.8 Å². The summed E-state index contributed by atoms with van der Waals surface area (Å²) in [6.07, 6.45) is -9.09. The molecule has 0 N–H and O–H groups in total. The highest BCUT2D eigenvalue weighted by Crippen LogP contribution is 2.49. The molecule has 0 unspecified atom stereocenters. The predicted octanol–water partition coefficient (Wildman–Crippen LogP) is 12.8. The molecule has 6 rings (SSSR count). The van der Waals surface area contributed by atoms with E-state index in [0.717, 1.165) is 46.5 Å². The lowest BCUT2D eigenvalue weighted by molar-refractivity contribution is -0.138. The van der Waals surface area contributed by atoms with Crippen molar-refractivity contribution in [1.82, 2.24) is 4.98 Å². The van der Waals surface area contributed by atoms with Crippen LogP contribution in [0.4, 0.5) is 26.3 Å². The summed E-state index contributed by atoms with van der Waals surface area (Å²) < 4.78 is 87.5. The monoisotopic (exact) mass is 681 g/mol. The number of alkyl halides is 6. The van der Waals surface area contributed by atoms with E-state index in [1.54, 1.807) is 7.11 Å². The molecule has 1 aromatic heterocycles. The van der Waals surface area contributed by atoms with Crippen molar-refractivity contribution in [1.29, 1.82) is 0 Å². The Morgan fingerprint density at radius 1 is 0.420 bits per heavy atom. The maximum atomic E-state index is 13.7. The number of benzene rings is 5. The lowest BCUT2D eigenvalue weighted by Crippen LogP contribution is -2.10. The average Bonchev–Trinajstić information content (AvgIpc) is 3.10. The van der Waals surface area contributed by atoms with Crippen molar-refractivity contribution in [3.05, 3.63) is 144 Å². The quantitative estimate of drug-likeness (QED) is 0.163. The molecule has 0 fully saturated rings. The number of hydrogen-bond acceptors (Lipinski definition) is 2. The first kappa shape index (κ1) is 34.5. The summed E-state index contributed by atoms with van der Waals surface area (Å²) in [5.74, 6) is 0.617. The Labute approximate surface area is 287 Å². The molecule has 2 nitrogen and oxygen atoms in total. The van der Waals surface area contributed by atoms with E-state index in [2.05, 4.69) is 20.8 Å². The van der Waals surface area contributed by atoms with Gasteiger partial charge in [-0.2, -0.15) is 26.3 Å². The van der Waals surface area contributed by atoms with Crippen LogP contribution in [0.15, 0.2) is 127 Å². The number of nitrogens with zero attached hydrogens (tertiary/aromatic N) is 1. The fourth-order valence-electron chi connectivity index (χ4n) is 5.99. The molecule has 0 aliphatic heterocycles. The van der Waals surface area contributed by atoms with Gasteiger partial charge in [0.15, 0.2) is 0 Å². The molecule has 0 radical (unpaired) electrons. The first-order chi connectivity index (χ1) is 23.6. The highest BCUT2D eigenvalue weighted by molar-refractivity contribution is 6.05. The van der Waals surface area contributed by atoms with Gasteiger partial charge in [0, 0.05) is 27.8 Å². The molecule has 50 heavy (non-hydrogen) atoms. The van der Waals surface area contributed by atoms with Gasteiger partial charge in [0.2, 0.25) is 0 Å². The molecule has 0 saturated carbocycles. The van der Waals surface area contributed by atoms with Crippen molar-refractivity contribution < 1.29 is 31.1 Å². The van der Waals surface area contributed by atoms with Crippen LogP contribution in [0.3, 0.4) is 0 Å². The third-order valence-corrected chi connectivity index (χ3v) is 8.65. The minimum Gasteiger partial charge on any atom is -0.497 e. The molecule has 0 saturated heterocycles. The summed E-state index contributed by atoms with van der Waals surface area (Å²) in [5.41, 5.74) is 5.20. The van der Waals surface area contributed by atoms with Gasteiger partial charge in [-0.15, -0.1) is 0 Å². The molecule has 254 valence electrons. The first-order valence-electron chi connectivity index (χ1n) is 15.9. The first-order valence-corrected chi connectivity index (χ1v) is 15.9. The van der Waals surface area contributed by atoms with E-state index in [9.17, 15) is 26.3 Å². The largest absolute Gasteiger partial charge is 0.497 e. The summed E-state index contributed by atoms with van der Waals surface area (Å²) in [6, 6.07) is 34.4. The Kier molecular flexibility index (Phi) is 9.08. The van der Waals surface area contributed by atoms with Crippen molar-refractivity contribution >= 4 is 0 Å². The summed E-state index contributed by atoms with van der Waals surface area (Å²) >= 11 is 0. The molecule has 0 amide bonds. The number of methoxy groups -OCH3 is 1. The zero-order valence-corrected chi connectivity index (χ0v) is 27.7. The van der Waals surface area contributed by atoms with Gasteiger partial charge in [-0.25, -0.2) is 4.98 Å². The lowest BCUT2D eigenvalue weighted by atomic mass is 9.81. The predicted molar refractivity (Wildman–Crippen MR) is 187 cm³/mol. The highest BCUT2D eigenvalue weighted by Gasteiger charge is 2.32. The van der Waals surface area contributed by atoms with Gasteiger partial charge in [-0.1, -0.05) is 112 Å². The number of hydrogen-bond donors (Lipinski definition) is 0. The minimum absolute atomic E-state index is 0.145. The molecule has 1 heterocycles. The van der Waals surface area contributed by atoms with Crippen LogP contribution < -0.4 is 4.74 Å². The third-order valence-electron chi connectivity index (χ3n) is 8.65. The highest BCUT2D eigenvalue weighted by atomic mass is 19.4. The van der Waals surface area contributed by atoms with Crippen LogP contribution in [0.1, 0.15) is 37.5 Å². The second-order valence-corrected chi connectivity index (χ2v) is 13.0. The second kappa shape index (κ2) is 13.2. The van der Waals surface area contributed by atoms with Gasteiger partial charge < -0.3 is 4.74 Å². The minimum atomic E-state index is -4.55. The van der Waals surface area contributed by atoms with E-state index < -0.39 is 23.5 Å². The maximum Gasteiger partial charge on any atom is 0.416 e. The Bertz CT molecular complexity index is 2090. The average molecular weight is 682 g/mol. The fourth-order valence-corrected chi connectivity index (χ4v) is 5.99. The molecule has 0 aliphatic rings. The molecule has 6 aromatic rings. The molecule has 0 spiro atoms. The second-order valence-electron chi connectivity index (χ2n) is 13.0. The summed E-state index contributed by atoms with van der Waals surface area (Å²) in [6.45, 7) is 6.31. The van der Waals surface area contributed by atoms with Gasteiger partial charge in [-0.05, 0) is 64.1 Å². The molecule has 5 aromatic carbocycles. The van der Waals surface area contributed by atoms with Crippen LogP contribution in [-0.4, -0.2) is 12.1 Å². The number of aromatic nitrogens is 1. The Balaban J connectivity index is 1.78. The van der Waals surface area contributed by atoms with E-state index in [4.69, 9.17) is 9.72 Å². The fraction of sp³-hybridized carbons (Fsp3) is 0.167. The summed E-state index contributed by atoms with van der Waals surface area (Å²) in [4.78, 5) is 5.15. The molecular formula is C42H33F6NO. The van der Waals surface area contributed by atoms with E-state index in [0.29, 0.717) is 45.0 Å². The van der Waals surface area contributed by atoms with Crippen molar-refractivity contribution in [2.24, 2.45) is 0 Å². The van der Waals surface area contributed by atoms with Crippen molar-refractivity contribution in [2.75, 3.05) is 7.11 Å². The zero-order chi connectivity index (χ0) is 35.8. The number of halogens is 6. The number of ether oxygens (including phenoxy) is 1. The van der Waals surface area contributed by atoms with Gasteiger partial charge in [-0.3, -0.25) is 0 Å². The Hall–Kier alpha value is -5.37. The molecule has 0 bridgehead atoms. The lowest BCUT2D eigenvalue weighted by Gasteiger charge is -2.24. The zero-order valence-electron chi connectivity index (χ0n) is 27.7. The number of pyridine rings is 1. The topological polar surface area (TPSA) is 22.1 Å². The molecule has 8 heteroatoms. The smallest absolute Gasteiger partial charge is 0.416 e. The standard InChI is InChI=1S/C42H33F6NO/c1-40(2,3)31-18-10-28(11-19-31)37-35(27-16-24-34(50-4)25-17-27)36(26-8-6-5-7-9-26)38(29-12-20-32(21-13-29)41(43,44)45)49-39(37)30-14-22-33(23-15-30)42(46,47)48/h5-25H,1-4H3. The van der Waals surface area contributed by atoms with Gasteiger partial charge >= 0.3 is 12.4 Å². The van der Waals surface area contributed by atoms with Crippen LogP contribution in [0.2, 0.25) is 0 Å². The van der Waals surface area contributed by atoms with Crippen LogP contribution in [0, 0.1) is 0 Å². The Morgan fingerprint density at radius 2 is 0.780 bits per heavy atom. The summed E-state index contributed by atoms with van der Waals surface area (Å²) in [5, 5.41) is 0. The third kappa shape index (κ3) is 7.01. The summed E-state index contributed by atoms with van der Waals surface area (Å²) in [7, 11) is 1.56. The van der Waals surface area contributed by atoms with Crippen molar-refractivity contribution in [3.63, 3.8) is 0 Å². The van der Waals surface area contributed by atoms with E-state index in [1.165, 1.54) is 24.3 Å². The molecule has 0 aliphatic carbocycles. The van der Waals surface area contributed by atoms with Crippen molar-refractivity contribution in [3.8, 4) is 61.6 Å². The van der Waals surface area contributed by atoms with E-state index in [-0.39, 0.29) is 5.41 Å². The maximum absolute atomic E-state index is 13.7. The van der Waals surface area contributed by atoms with Crippen LogP contribution in [0.5, 0.6) is 5.75 Å². The van der Waals surface area contributed by atoms with Gasteiger partial charge in [0.25, 0.3) is 0 Å². The Morgan fingerprint density at radius 3 is 1.18 bits per heavy atom. The van der Waals surface area contributed by atoms with Gasteiger partial charge in [0.05, 0.1) is 29.6 Å². The molecular weight excluding hydrogens is 648 g/mol. The van der Waals surface area contributed by atoms with Crippen LogP contribution in [0.25, 0.3) is 55.9 Å². The van der Waals surface area contributed by atoms with E-state index >= 15 is 0 Å². The van der Waals surface area contributed by atoms with Crippen molar-refractivity contribution in [2.45, 2.75) is 38.5 Å². The number of rotatable bonds is 6. The van der Waals surface area contributed by atoms with Gasteiger partial charge in [0.1, 0.15) is 5.75 Å². The molecule has 0 atom stereocenters. The SMILES string of the molecule is COc1ccc(-c2c(-c3ccccc3)c(-c3ccc(C(F)(F)F)cc3)nc(-c3ccc(C(F)(F)F)cc3)c2-c2ccc(C(C)(C)C)cc2)cc1.